The van der Waals surface area contributed by atoms with Crippen LogP contribution < -0.4 is 11.4 Å². The van der Waals surface area contributed by atoms with E-state index in [1.807, 2.05) is 0 Å². The highest BCUT2D eigenvalue weighted by Crippen LogP contribution is 2.23. The highest BCUT2D eigenvalue weighted by atomic mass is 32.2. The van der Waals surface area contributed by atoms with E-state index in [9.17, 15) is 9.18 Å². The first-order chi connectivity index (χ1) is 7.68. The molecule has 16 heavy (non-hydrogen) atoms. The maximum Gasteiger partial charge on any atom is 0.351 e. The molecule has 1 aromatic rings. The highest BCUT2D eigenvalue weighted by Gasteiger charge is 2.20. The Balaban J connectivity index is 0.000000606. The quantitative estimate of drug-likeness (QED) is 0.716. The van der Waals surface area contributed by atoms with E-state index >= 15 is 0 Å². The molecule has 2 heterocycles. The van der Waals surface area contributed by atoms with Crippen LogP contribution in [-0.4, -0.2) is 33.5 Å². The number of hydrogen-bond acceptors (Lipinski definition) is 6. The van der Waals surface area contributed by atoms with E-state index in [0.29, 0.717) is 11.7 Å². The summed E-state index contributed by atoms with van der Waals surface area (Å²) in [6, 6.07) is 0. The second kappa shape index (κ2) is 5.83. The van der Waals surface area contributed by atoms with E-state index in [2.05, 4.69) is 4.98 Å². The number of halogens is 1. The van der Waals surface area contributed by atoms with Gasteiger partial charge in [0, 0.05) is 12.9 Å². The third-order valence-electron chi connectivity index (χ3n) is 1.85. The fourth-order valence-electron chi connectivity index (χ4n) is 1.15. The Hall–Kier alpha value is -1.12. The van der Waals surface area contributed by atoms with Crippen molar-refractivity contribution in [1.82, 2.24) is 9.55 Å². The summed E-state index contributed by atoms with van der Waals surface area (Å²) in [6.45, 7) is 0. The molecule has 0 amide bonds. The molecule has 0 aromatic carbocycles. The monoisotopic (exact) mass is 249 g/mol. The predicted octanol–water partition coefficient (Wildman–Crippen LogP) is -0.207. The van der Waals surface area contributed by atoms with Crippen LogP contribution in [0.2, 0.25) is 0 Å². The molecule has 1 aliphatic rings. The van der Waals surface area contributed by atoms with Crippen LogP contribution in [0.3, 0.4) is 0 Å². The molecule has 1 aliphatic heterocycles. The molecule has 0 unspecified atom stereocenters. The molecular formula is C8H12FN3O3S. The number of anilines is 1. The van der Waals surface area contributed by atoms with E-state index in [0.717, 1.165) is 17.9 Å². The van der Waals surface area contributed by atoms with E-state index in [-0.39, 0.29) is 5.82 Å². The van der Waals surface area contributed by atoms with Gasteiger partial charge in [-0.2, -0.15) is 4.98 Å². The summed E-state index contributed by atoms with van der Waals surface area (Å²) in [5.41, 5.74) is 4.56. The fourth-order valence-corrected chi connectivity index (χ4v) is 1.96. The number of ether oxygens (including phenoxy) is 1. The van der Waals surface area contributed by atoms with Gasteiger partial charge in [0.05, 0.1) is 12.1 Å². The Labute approximate surface area is 95.2 Å². The van der Waals surface area contributed by atoms with Crippen molar-refractivity contribution in [2.45, 2.75) is 6.23 Å². The van der Waals surface area contributed by atoms with E-state index in [1.165, 1.54) is 11.8 Å². The van der Waals surface area contributed by atoms with Crippen molar-refractivity contribution in [3.63, 3.8) is 0 Å². The Morgan fingerprint density at radius 2 is 2.44 bits per heavy atom. The van der Waals surface area contributed by atoms with E-state index in [1.54, 1.807) is 0 Å². The summed E-state index contributed by atoms with van der Waals surface area (Å²) >= 11 is 1.53. The maximum atomic E-state index is 13.0. The molecule has 0 aliphatic carbocycles. The van der Waals surface area contributed by atoms with Crippen molar-refractivity contribution in [1.29, 1.82) is 0 Å². The van der Waals surface area contributed by atoms with Gasteiger partial charge in [0.2, 0.25) is 0 Å². The Morgan fingerprint density at radius 3 is 3.00 bits per heavy atom. The van der Waals surface area contributed by atoms with Crippen LogP contribution >= 0.6 is 11.8 Å². The molecule has 1 fully saturated rings. The van der Waals surface area contributed by atoms with Gasteiger partial charge in [-0.05, 0) is 0 Å². The number of nitrogens with zero attached hydrogens (tertiary/aromatic N) is 2. The number of nitrogens with two attached hydrogens (primary N) is 1. The second-order valence-electron chi connectivity index (χ2n) is 2.77. The fraction of sp³-hybridized carbons (Fsp3) is 0.500. The van der Waals surface area contributed by atoms with Crippen molar-refractivity contribution in [2.75, 3.05) is 24.5 Å². The average Bonchev–Trinajstić information content (AvgIpc) is 2.79. The Bertz CT molecular complexity index is 406. The van der Waals surface area contributed by atoms with Crippen molar-refractivity contribution < 1.29 is 14.2 Å². The summed E-state index contributed by atoms with van der Waals surface area (Å²) in [5.74, 6) is 0.0376. The minimum absolute atomic E-state index is 0.378. The van der Waals surface area contributed by atoms with Gasteiger partial charge >= 0.3 is 5.69 Å². The number of thioether (sulfide) groups is 1. The smallest absolute Gasteiger partial charge is 0.351 e. The zero-order valence-electron chi connectivity index (χ0n) is 8.59. The normalized spacial score (nSPS) is 19.1. The second-order valence-corrected chi connectivity index (χ2v) is 3.75. The molecule has 0 bridgehead atoms. The molecule has 8 heteroatoms. The van der Waals surface area contributed by atoms with Crippen molar-refractivity contribution in [3.8, 4) is 0 Å². The number of aliphatic hydroxyl groups is 1. The first-order valence-electron chi connectivity index (χ1n) is 4.36. The molecule has 0 saturated carbocycles. The SMILES string of the molecule is CO.Nc1nc(=O)n([C@@H]2CSCO2)cc1F. The highest BCUT2D eigenvalue weighted by molar-refractivity contribution is 7.99. The van der Waals surface area contributed by atoms with Crippen molar-refractivity contribution in [2.24, 2.45) is 0 Å². The van der Waals surface area contributed by atoms with Crippen LogP contribution in [0.5, 0.6) is 0 Å². The lowest BCUT2D eigenvalue weighted by Crippen LogP contribution is -2.29. The third kappa shape index (κ3) is 2.71. The van der Waals surface area contributed by atoms with Gasteiger partial charge in [-0.3, -0.25) is 4.57 Å². The largest absolute Gasteiger partial charge is 0.400 e. The topological polar surface area (TPSA) is 90.4 Å². The third-order valence-corrected chi connectivity index (χ3v) is 2.67. The van der Waals surface area contributed by atoms with Crippen molar-refractivity contribution >= 4 is 17.6 Å². The molecule has 2 rings (SSSR count). The zero-order valence-corrected chi connectivity index (χ0v) is 9.41. The molecule has 90 valence electrons. The summed E-state index contributed by atoms with van der Waals surface area (Å²) < 4.78 is 19.3. The summed E-state index contributed by atoms with van der Waals surface area (Å²) in [7, 11) is 1.00. The minimum atomic E-state index is -0.704. The average molecular weight is 249 g/mol. The van der Waals surface area contributed by atoms with Gasteiger partial charge in [-0.1, -0.05) is 0 Å². The molecule has 0 radical (unpaired) electrons. The minimum Gasteiger partial charge on any atom is -0.400 e. The lowest BCUT2D eigenvalue weighted by molar-refractivity contribution is 0.0631. The van der Waals surface area contributed by atoms with E-state index in [4.69, 9.17) is 15.6 Å². The van der Waals surface area contributed by atoms with Gasteiger partial charge < -0.3 is 15.6 Å². The summed E-state index contributed by atoms with van der Waals surface area (Å²) in [4.78, 5) is 14.6. The van der Waals surface area contributed by atoms with Gasteiger partial charge in [-0.25, -0.2) is 9.18 Å². The molecule has 6 nitrogen and oxygen atoms in total. The van der Waals surface area contributed by atoms with Gasteiger partial charge in [-0.15, -0.1) is 11.8 Å². The number of aliphatic hydroxyl groups excluding tert-OH is 1. The van der Waals surface area contributed by atoms with Crippen LogP contribution in [0.4, 0.5) is 10.2 Å². The molecule has 1 saturated heterocycles. The first-order valence-corrected chi connectivity index (χ1v) is 5.52. The van der Waals surface area contributed by atoms with Crippen LogP contribution in [-0.2, 0) is 4.74 Å². The molecule has 1 aromatic heterocycles. The van der Waals surface area contributed by atoms with Crippen LogP contribution in [0.25, 0.3) is 0 Å². The van der Waals surface area contributed by atoms with Crippen LogP contribution in [0.15, 0.2) is 11.0 Å². The lowest BCUT2D eigenvalue weighted by atomic mass is 10.5. The van der Waals surface area contributed by atoms with Gasteiger partial charge in [0.15, 0.2) is 11.6 Å². The van der Waals surface area contributed by atoms with Crippen LogP contribution in [0.1, 0.15) is 6.23 Å². The maximum absolute atomic E-state index is 13.0. The predicted molar refractivity (Wildman–Crippen MR) is 58.5 cm³/mol. The zero-order chi connectivity index (χ0) is 12.1. The molecular weight excluding hydrogens is 237 g/mol. The van der Waals surface area contributed by atoms with E-state index < -0.39 is 17.7 Å². The number of rotatable bonds is 1. The Morgan fingerprint density at radius 1 is 1.75 bits per heavy atom. The summed E-state index contributed by atoms with van der Waals surface area (Å²) in [5, 5.41) is 7.00. The number of nitrogen functional groups attached to an aromatic ring is 1. The molecule has 3 N–H and O–H groups in total. The Kier molecular flexibility index (Phi) is 4.71. The molecule has 1 atom stereocenters. The van der Waals surface area contributed by atoms with Gasteiger partial charge in [0.1, 0.15) is 6.23 Å². The lowest BCUT2D eigenvalue weighted by Gasteiger charge is -2.11. The number of hydrogen-bond donors (Lipinski definition) is 2. The number of aromatic nitrogens is 2. The molecule has 0 spiro atoms. The summed E-state index contributed by atoms with van der Waals surface area (Å²) in [6.07, 6.45) is 0.594. The van der Waals surface area contributed by atoms with Gasteiger partial charge in [0.25, 0.3) is 0 Å². The first kappa shape index (κ1) is 12.9. The van der Waals surface area contributed by atoms with Crippen LogP contribution in [0, 0.1) is 5.82 Å². The standard InChI is InChI=1S/C7H8FN3O2S.CH4O/c8-4-1-11(5-2-14-3-13-5)7(12)10-6(4)9;1-2/h1,5H,2-3H2,(H2,9,10,12);2H,1H3/t5-;/m0./s1. The van der Waals surface area contributed by atoms with Crippen molar-refractivity contribution in [3.05, 3.63) is 22.5 Å².